The van der Waals surface area contributed by atoms with E-state index in [9.17, 15) is 4.79 Å². The average molecular weight is 292 g/mol. The Morgan fingerprint density at radius 3 is 2.91 bits per heavy atom. The summed E-state index contributed by atoms with van der Waals surface area (Å²) in [5.74, 6) is 0.984. The summed E-state index contributed by atoms with van der Waals surface area (Å²) in [5.41, 5.74) is 2.56. The van der Waals surface area contributed by atoms with Gasteiger partial charge in [-0.1, -0.05) is 30.3 Å². The van der Waals surface area contributed by atoms with Gasteiger partial charge in [-0.15, -0.1) is 0 Å². The maximum atomic E-state index is 12.2. The Hall–Kier alpha value is -2.88. The monoisotopic (exact) mass is 292 g/mol. The van der Waals surface area contributed by atoms with Gasteiger partial charge in [-0.2, -0.15) is 0 Å². The molecule has 0 amide bonds. The molecule has 1 N–H and O–H groups in total. The minimum atomic E-state index is -0.155. The Morgan fingerprint density at radius 1 is 1.23 bits per heavy atom. The highest BCUT2D eigenvalue weighted by Gasteiger charge is 2.07. The van der Waals surface area contributed by atoms with Crippen LogP contribution in [0.3, 0.4) is 0 Å². The van der Waals surface area contributed by atoms with Gasteiger partial charge >= 0.3 is 0 Å². The van der Waals surface area contributed by atoms with Crippen molar-refractivity contribution in [3.05, 3.63) is 66.0 Å². The van der Waals surface area contributed by atoms with Crippen LogP contribution in [0, 0.1) is 0 Å². The molecule has 4 heteroatoms. The largest absolute Gasteiger partial charge is 0.494 e. The lowest BCUT2D eigenvalue weighted by molar-refractivity contribution is 0.103. The van der Waals surface area contributed by atoms with Crippen LogP contribution in [0.1, 0.15) is 23.1 Å². The van der Waals surface area contributed by atoms with E-state index in [1.54, 1.807) is 6.08 Å². The van der Waals surface area contributed by atoms with E-state index in [1.807, 2.05) is 55.5 Å². The second-order valence-corrected chi connectivity index (χ2v) is 4.81. The highest BCUT2D eigenvalue weighted by atomic mass is 16.5. The Kier molecular flexibility index (Phi) is 4.01. The van der Waals surface area contributed by atoms with Crippen molar-refractivity contribution in [2.75, 3.05) is 6.61 Å². The maximum absolute atomic E-state index is 12.2. The minimum absolute atomic E-state index is 0.155. The molecule has 0 unspecified atom stereocenters. The lowest BCUT2D eigenvalue weighted by Gasteiger charge is -2.02. The smallest absolute Gasteiger partial charge is 0.221 e. The summed E-state index contributed by atoms with van der Waals surface area (Å²) in [7, 11) is 0. The number of ketones is 1. The zero-order valence-electron chi connectivity index (χ0n) is 12.2. The van der Waals surface area contributed by atoms with Crippen molar-refractivity contribution in [1.29, 1.82) is 0 Å². The molecule has 0 atom stereocenters. The molecule has 3 rings (SSSR count). The van der Waals surface area contributed by atoms with Crippen molar-refractivity contribution in [3.8, 4) is 5.75 Å². The number of fused-ring (bicyclic) bond motifs is 1. The van der Waals surface area contributed by atoms with Crippen LogP contribution < -0.4 is 4.74 Å². The number of aromatic amines is 1. The van der Waals surface area contributed by atoms with Crippen LogP contribution in [0.5, 0.6) is 5.75 Å². The number of nitrogens with zero attached hydrogens (tertiary/aromatic N) is 1. The van der Waals surface area contributed by atoms with Gasteiger partial charge in [0.05, 0.1) is 17.6 Å². The first kappa shape index (κ1) is 14.1. The zero-order valence-corrected chi connectivity index (χ0v) is 12.2. The summed E-state index contributed by atoms with van der Waals surface area (Å²) in [6.07, 6.45) is 3.28. The summed E-state index contributed by atoms with van der Waals surface area (Å²) < 4.78 is 5.44. The van der Waals surface area contributed by atoms with Crippen LogP contribution in [0.2, 0.25) is 0 Å². The first-order chi connectivity index (χ1) is 10.8. The minimum Gasteiger partial charge on any atom is -0.494 e. The molecule has 0 spiro atoms. The highest BCUT2D eigenvalue weighted by molar-refractivity contribution is 6.05. The van der Waals surface area contributed by atoms with Crippen molar-refractivity contribution in [2.24, 2.45) is 0 Å². The number of hydrogen-bond acceptors (Lipinski definition) is 3. The van der Waals surface area contributed by atoms with Gasteiger partial charge in [0.2, 0.25) is 5.78 Å². The standard InChI is InChI=1S/C18H16N2O2/c1-2-22-14-7-5-6-13(12-14)10-11-17(21)18-19-15-8-3-4-9-16(15)20-18/h3-12H,2H2,1H3,(H,19,20)/b11-10+. The van der Waals surface area contributed by atoms with Gasteiger partial charge in [0.1, 0.15) is 5.75 Å². The predicted octanol–water partition coefficient (Wildman–Crippen LogP) is 3.86. The van der Waals surface area contributed by atoms with Crippen LogP contribution >= 0.6 is 0 Å². The van der Waals surface area contributed by atoms with Crippen LogP contribution in [0.15, 0.2) is 54.6 Å². The molecular weight excluding hydrogens is 276 g/mol. The maximum Gasteiger partial charge on any atom is 0.221 e. The fourth-order valence-corrected chi connectivity index (χ4v) is 2.20. The van der Waals surface area contributed by atoms with Gasteiger partial charge in [0.15, 0.2) is 5.82 Å². The molecule has 0 saturated heterocycles. The van der Waals surface area contributed by atoms with Crippen molar-refractivity contribution >= 4 is 22.9 Å². The summed E-state index contributed by atoms with van der Waals surface area (Å²) in [6.45, 7) is 2.55. The number of aromatic nitrogens is 2. The molecule has 22 heavy (non-hydrogen) atoms. The van der Waals surface area contributed by atoms with E-state index < -0.39 is 0 Å². The van der Waals surface area contributed by atoms with E-state index >= 15 is 0 Å². The van der Waals surface area contributed by atoms with Crippen molar-refractivity contribution < 1.29 is 9.53 Å². The first-order valence-electron chi connectivity index (χ1n) is 7.16. The van der Waals surface area contributed by atoms with Crippen LogP contribution in [-0.4, -0.2) is 22.4 Å². The molecule has 0 saturated carbocycles. The average Bonchev–Trinajstić information content (AvgIpc) is 2.97. The molecule has 2 aromatic carbocycles. The number of ether oxygens (including phenoxy) is 1. The second kappa shape index (κ2) is 6.26. The molecule has 0 aliphatic rings. The fraction of sp³-hybridized carbons (Fsp3) is 0.111. The molecule has 0 radical (unpaired) electrons. The molecule has 110 valence electrons. The van der Waals surface area contributed by atoms with Crippen molar-refractivity contribution in [3.63, 3.8) is 0 Å². The summed E-state index contributed by atoms with van der Waals surface area (Å²) >= 11 is 0. The number of carbonyl (C=O) groups excluding carboxylic acids is 1. The zero-order chi connectivity index (χ0) is 15.4. The number of allylic oxidation sites excluding steroid dienone is 1. The summed E-state index contributed by atoms with van der Waals surface area (Å²) in [5, 5.41) is 0. The van der Waals surface area contributed by atoms with Gasteiger partial charge in [0.25, 0.3) is 0 Å². The highest BCUT2D eigenvalue weighted by Crippen LogP contribution is 2.15. The molecule has 0 aliphatic heterocycles. The Bertz CT molecular complexity index is 801. The number of benzene rings is 2. The molecular formula is C18H16N2O2. The molecule has 0 fully saturated rings. The molecule has 0 bridgehead atoms. The van der Waals surface area contributed by atoms with Gasteiger partial charge in [-0.3, -0.25) is 4.79 Å². The second-order valence-electron chi connectivity index (χ2n) is 4.81. The fourth-order valence-electron chi connectivity index (χ4n) is 2.20. The Balaban J connectivity index is 1.79. The third kappa shape index (κ3) is 3.06. The van der Waals surface area contributed by atoms with E-state index in [-0.39, 0.29) is 5.78 Å². The van der Waals surface area contributed by atoms with Crippen molar-refractivity contribution in [2.45, 2.75) is 6.92 Å². The van der Waals surface area contributed by atoms with Crippen LogP contribution in [0.25, 0.3) is 17.1 Å². The number of hydrogen-bond donors (Lipinski definition) is 1. The topological polar surface area (TPSA) is 55.0 Å². The van der Waals surface area contributed by atoms with Gasteiger partial charge in [-0.05, 0) is 42.8 Å². The van der Waals surface area contributed by atoms with Crippen LogP contribution in [-0.2, 0) is 0 Å². The molecule has 0 aliphatic carbocycles. The van der Waals surface area contributed by atoms with E-state index in [0.29, 0.717) is 12.4 Å². The van der Waals surface area contributed by atoms with Crippen molar-refractivity contribution in [1.82, 2.24) is 9.97 Å². The summed E-state index contributed by atoms with van der Waals surface area (Å²) in [4.78, 5) is 19.5. The number of nitrogens with one attached hydrogen (secondary N) is 1. The van der Waals surface area contributed by atoms with Gasteiger partial charge in [-0.25, -0.2) is 4.98 Å². The summed E-state index contributed by atoms with van der Waals surface area (Å²) in [6, 6.07) is 15.2. The third-order valence-corrected chi connectivity index (χ3v) is 3.22. The van der Waals surface area contributed by atoms with E-state index in [2.05, 4.69) is 9.97 Å². The number of imidazole rings is 1. The SMILES string of the molecule is CCOc1cccc(/C=C/C(=O)c2nc3ccccc3[nH]2)c1. The third-order valence-electron chi connectivity index (χ3n) is 3.22. The molecule has 4 nitrogen and oxygen atoms in total. The Labute approximate surface area is 128 Å². The Morgan fingerprint density at radius 2 is 2.09 bits per heavy atom. The first-order valence-corrected chi connectivity index (χ1v) is 7.16. The lowest BCUT2D eigenvalue weighted by atomic mass is 10.2. The number of rotatable bonds is 5. The van der Waals surface area contributed by atoms with E-state index in [0.717, 1.165) is 22.3 Å². The van der Waals surface area contributed by atoms with E-state index in [4.69, 9.17) is 4.74 Å². The quantitative estimate of drug-likeness (QED) is 0.574. The van der Waals surface area contributed by atoms with Gasteiger partial charge in [0, 0.05) is 0 Å². The molecule has 1 aromatic heterocycles. The van der Waals surface area contributed by atoms with E-state index in [1.165, 1.54) is 6.08 Å². The number of para-hydroxylation sites is 2. The normalized spacial score (nSPS) is 11.1. The van der Waals surface area contributed by atoms with Crippen LogP contribution in [0.4, 0.5) is 0 Å². The molecule has 1 heterocycles. The molecule has 3 aromatic rings. The predicted molar refractivity (Wildman–Crippen MR) is 87.1 cm³/mol. The van der Waals surface area contributed by atoms with Gasteiger partial charge < -0.3 is 9.72 Å². The number of carbonyl (C=O) groups is 1. The lowest BCUT2D eigenvalue weighted by Crippen LogP contribution is -1.96. The number of H-pyrrole nitrogens is 1.